The Labute approximate surface area is 138 Å². The normalized spacial score (nSPS) is 12.1. The number of nitrogens with zero attached hydrogens (tertiary/aromatic N) is 3. The van der Waals surface area contributed by atoms with Crippen molar-refractivity contribution >= 4 is 17.2 Å². The van der Waals surface area contributed by atoms with Crippen LogP contribution in [-0.2, 0) is 6.42 Å². The number of aromatic amines is 1. The molecule has 0 aromatic carbocycles. The van der Waals surface area contributed by atoms with E-state index in [2.05, 4.69) is 25.5 Å². The van der Waals surface area contributed by atoms with Crippen molar-refractivity contribution in [1.82, 2.24) is 25.5 Å². The van der Waals surface area contributed by atoms with E-state index in [1.54, 1.807) is 36.0 Å². The Morgan fingerprint density at radius 2 is 2.26 bits per heavy atom. The van der Waals surface area contributed by atoms with Crippen LogP contribution < -0.4 is 5.32 Å². The van der Waals surface area contributed by atoms with Crippen molar-refractivity contribution in [1.29, 1.82) is 0 Å². The van der Waals surface area contributed by atoms with E-state index < -0.39 is 0 Å². The molecule has 2 N–H and O–H groups in total. The van der Waals surface area contributed by atoms with Gasteiger partial charge in [0.15, 0.2) is 5.69 Å². The maximum Gasteiger partial charge on any atom is 0.272 e. The number of thiophene rings is 1. The third kappa shape index (κ3) is 3.81. The molecule has 6 nitrogen and oxygen atoms in total. The fourth-order valence-electron chi connectivity index (χ4n) is 2.24. The molecule has 0 spiro atoms. The molecule has 7 heteroatoms. The van der Waals surface area contributed by atoms with Crippen LogP contribution >= 0.6 is 11.3 Å². The van der Waals surface area contributed by atoms with E-state index in [0.717, 1.165) is 16.3 Å². The van der Waals surface area contributed by atoms with Crippen molar-refractivity contribution in [2.45, 2.75) is 26.3 Å². The number of aromatic nitrogens is 4. The molecular formula is C16H17N5OS. The lowest BCUT2D eigenvalue weighted by Crippen LogP contribution is -2.34. The van der Waals surface area contributed by atoms with Gasteiger partial charge in [-0.3, -0.25) is 19.9 Å². The number of carbonyl (C=O) groups is 1. The highest BCUT2D eigenvalue weighted by atomic mass is 32.1. The molecule has 1 amide bonds. The molecule has 0 unspecified atom stereocenters. The van der Waals surface area contributed by atoms with Gasteiger partial charge in [-0.05, 0) is 32.0 Å². The predicted molar refractivity (Wildman–Crippen MR) is 89.3 cm³/mol. The summed E-state index contributed by atoms with van der Waals surface area (Å²) in [6, 6.07) is 5.79. The van der Waals surface area contributed by atoms with Crippen LogP contribution in [0, 0.1) is 6.92 Å². The SMILES string of the molecule is Cc1ccc(-c2cc(C(=O)N[C@@H](C)Cc3cnccn3)n[nH]2)s1. The summed E-state index contributed by atoms with van der Waals surface area (Å²) in [6.45, 7) is 3.98. The first kappa shape index (κ1) is 15.4. The largest absolute Gasteiger partial charge is 0.348 e. The van der Waals surface area contributed by atoms with Crippen molar-refractivity contribution in [3.8, 4) is 10.6 Å². The molecule has 0 saturated heterocycles. The molecule has 118 valence electrons. The van der Waals surface area contributed by atoms with E-state index in [1.807, 2.05) is 26.0 Å². The van der Waals surface area contributed by atoms with Crippen LogP contribution in [0.15, 0.2) is 36.8 Å². The average Bonchev–Trinajstić information content (AvgIpc) is 3.16. The molecule has 3 aromatic heterocycles. The molecule has 0 aliphatic heterocycles. The van der Waals surface area contributed by atoms with Crippen LogP contribution in [0.4, 0.5) is 0 Å². The van der Waals surface area contributed by atoms with E-state index in [0.29, 0.717) is 12.1 Å². The number of carbonyl (C=O) groups excluding carboxylic acids is 1. The molecule has 0 radical (unpaired) electrons. The maximum atomic E-state index is 12.3. The van der Waals surface area contributed by atoms with E-state index in [1.165, 1.54) is 4.88 Å². The molecular weight excluding hydrogens is 310 g/mol. The van der Waals surface area contributed by atoms with Gasteiger partial charge in [-0.2, -0.15) is 5.10 Å². The maximum absolute atomic E-state index is 12.3. The summed E-state index contributed by atoms with van der Waals surface area (Å²) in [5, 5.41) is 9.95. The van der Waals surface area contributed by atoms with Crippen molar-refractivity contribution < 1.29 is 4.79 Å². The Balaban J connectivity index is 1.63. The van der Waals surface area contributed by atoms with Gasteiger partial charge < -0.3 is 5.32 Å². The highest BCUT2D eigenvalue weighted by Gasteiger charge is 2.15. The Kier molecular flexibility index (Phi) is 4.47. The van der Waals surface area contributed by atoms with Gasteiger partial charge in [-0.1, -0.05) is 0 Å². The number of aryl methyl sites for hydroxylation is 1. The van der Waals surface area contributed by atoms with Gasteiger partial charge in [-0.15, -0.1) is 11.3 Å². The Bertz CT molecular complexity index is 796. The second-order valence-electron chi connectivity index (χ2n) is 5.35. The van der Waals surface area contributed by atoms with Crippen molar-refractivity contribution in [3.63, 3.8) is 0 Å². The van der Waals surface area contributed by atoms with Crippen LogP contribution in [0.2, 0.25) is 0 Å². The van der Waals surface area contributed by atoms with Crippen molar-refractivity contribution in [2.75, 3.05) is 0 Å². The van der Waals surface area contributed by atoms with Gasteiger partial charge in [0, 0.05) is 35.9 Å². The summed E-state index contributed by atoms with van der Waals surface area (Å²) in [6.07, 6.45) is 5.60. The number of amides is 1. The Hall–Kier alpha value is -2.54. The van der Waals surface area contributed by atoms with Gasteiger partial charge in [0.1, 0.15) is 0 Å². The van der Waals surface area contributed by atoms with E-state index in [9.17, 15) is 4.79 Å². The van der Waals surface area contributed by atoms with Gasteiger partial charge >= 0.3 is 0 Å². The molecule has 0 bridgehead atoms. The van der Waals surface area contributed by atoms with Crippen LogP contribution in [-0.4, -0.2) is 32.1 Å². The van der Waals surface area contributed by atoms with Crippen LogP contribution in [0.1, 0.15) is 28.0 Å². The quantitative estimate of drug-likeness (QED) is 0.754. The predicted octanol–water partition coefficient (Wildman–Crippen LogP) is 2.60. The van der Waals surface area contributed by atoms with Gasteiger partial charge in [0.05, 0.1) is 16.3 Å². The molecule has 1 atom stereocenters. The van der Waals surface area contributed by atoms with Crippen molar-refractivity contribution in [3.05, 3.63) is 53.1 Å². The number of rotatable bonds is 5. The second-order valence-corrected chi connectivity index (χ2v) is 6.64. The van der Waals surface area contributed by atoms with E-state index >= 15 is 0 Å². The van der Waals surface area contributed by atoms with E-state index in [4.69, 9.17) is 0 Å². The van der Waals surface area contributed by atoms with E-state index in [-0.39, 0.29) is 11.9 Å². The smallest absolute Gasteiger partial charge is 0.272 e. The summed E-state index contributed by atoms with van der Waals surface area (Å²) in [4.78, 5) is 22.8. The topological polar surface area (TPSA) is 83.6 Å². The summed E-state index contributed by atoms with van der Waals surface area (Å²) in [5.74, 6) is -0.197. The fourth-order valence-corrected chi connectivity index (χ4v) is 3.07. The zero-order valence-electron chi connectivity index (χ0n) is 12.9. The molecule has 0 aliphatic rings. The molecule has 3 aromatic rings. The minimum absolute atomic E-state index is 0.0525. The van der Waals surface area contributed by atoms with Crippen LogP contribution in [0.5, 0.6) is 0 Å². The third-order valence-corrected chi connectivity index (χ3v) is 4.36. The monoisotopic (exact) mass is 327 g/mol. The number of H-pyrrole nitrogens is 1. The molecule has 0 fully saturated rings. The lowest BCUT2D eigenvalue weighted by Gasteiger charge is -2.11. The Morgan fingerprint density at radius 3 is 2.96 bits per heavy atom. The lowest BCUT2D eigenvalue weighted by molar-refractivity contribution is 0.0935. The standard InChI is InChI=1S/C16H17N5OS/c1-10(7-12-9-17-5-6-18-12)19-16(22)14-8-13(20-21-14)15-4-3-11(2)23-15/h3-6,8-10H,7H2,1-2H3,(H,19,22)(H,20,21)/t10-/m0/s1. The minimum atomic E-state index is -0.197. The highest BCUT2D eigenvalue weighted by molar-refractivity contribution is 7.15. The van der Waals surface area contributed by atoms with Crippen LogP contribution in [0.3, 0.4) is 0 Å². The lowest BCUT2D eigenvalue weighted by atomic mass is 10.2. The molecule has 0 aliphatic carbocycles. The molecule has 23 heavy (non-hydrogen) atoms. The fraction of sp³-hybridized carbons (Fsp3) is 0.250. The van der Waals surface area contributed by atoms with Gasteiger partial charge in [0.2, 0.25) is 0 Å². The van der Waals surface area contributed by atoms with Gasteiger partial charge in [0.25, 0.3) is 5.91 Å². The molecule has 0 saturated carbocycles. The zero-order valence-corrected chi connectivity index (χ0v) is 13.7. The van der Waals surface area contributed by atoms with Gasteiger partial charge in [-0.25, -0.2) is 0 Å². The number of nitrogens with one attached hydrogen (secondary N) is 2. The van der Waals surface area contributed by atoms with Crippen molar-refractivity contribution in [2.24, 2.45) is 0 Å². The third-order valence-electron chi connectivity index (χ3n) is 3.33. The number of hydrogen-bond acceptors (Lipinski definition) is 5. The first-order chi connectivity index (χ1) is 11.1. The van der Waals surface area contributed by atoms with Crippen LogP contribution in [0.25, 0.3) is 10.6 Å². The Morgan fingerprint density at radius 1 is 1.39 bits per heavy atom. The minimum Gasteiger partial charge on any atom is -0.348 e. The summed E-state index contributed by atoms with van der Waals surface area (Å²) in [7, 11) is 0. The summed E-state index contributed by atoms with van der Waals surface area (Å²) < 4.78 is 0. The second kappa shape index (κ2) is 6.70. The summed E-state index contributed by atoms with van der Waals surface area (Å²) >= 11 is 1.66. The zero-order chi connectivity index (χ0) is 16.2. The first-order valence-corrected chi connectivity index (χ1v) is 8.11. The first-order valence-electron chi connectivity index (χ1n) is 7.30. The molecule has 3 heterocycles. The molecule has 3 rings (SSSR count). The summed E-state index contributed by atoms with van der Waals surface area (Å²) in [5.41, 5.74) is 2.09. The number of hydrogen-bond donors (Lipinski definition) is 2. The average molecular weight is 327 g/mol. The highest BCUT2D eigenvalue weighted by Crippen LogP contribution is 2.26.